The van der Waals surface area contributed by atoms with Gasteiger partial charge in [0.25, 0.3) is 11.5 Å². The lowest BCUT2D eigenvalue weighted by atomic mass is 10.1. The molecule has 0 aliphatic carbocycles. The molecule has 0 aliphatic heterocycles. The number of halogens is 3. The van der Waals surface area contributed by atoms with E-state index in [2.05, 4.69) is 25.6 Å². The lowest BCUT2D eigenvalue weighted by Gasteiger charge is -2.07. The molecule has 0 aliphatic rings. The Kier molecular flexibility index (Phi) is 5.61. The number of nitrogens with one attached hydrogen (secondary N) is 2. The van der Waals surface area contributed by atoms with Crippen LogP contribution in [0.2, 0.25) is 0 Å². The summed E-state index contributed by atoms with van der Waals surface area (Å²) in [5.74, 6) is -0.100. The van der Waals surface area contributed by atoms with Gasteiger partial charge in [-0.1, -0.05) is 18.2 Å². The summed E-state index contributed by atoms with van der Waals surface area (Å²) >= 11 is 1.17. The van der Waals surface area contributed by atoms with E-state index < -0.39 is 17.6 Å². The standard InChI is InChI=1S/C20H15F3N6O2S/c1-11-15(10-25-29(11)16-5-6-17(30)28-27-16)18(31)26-19-24-9-14(32-19)8-12-3-2-4-13(7-12)20(21,22)23/h2-7,9-10H,8H2,1H3,(H,28,30)(H,24,26,31). The molecule has 3 heterocycles. The summed E-state index contributed by atoms with van der Waals surface area (Å²) in [6.07, 6.45) is -1.27. The molecule has 1 amide bonds. The molecule has 4 aromatic rings. The van der Waals surface area contributed by atoms with Crippen molar-refractivity contribution in [2.24, 2.45) is 0 Å². The highest BCUT2D eigenvalue weighted by atomic mass is 32.1. The smallest absolute Gasteiger partial charge is 0.298 e. The van der Waals surface area contributed by atoms with Crippen LogP contribution < -0.4 is 10.9 Å². The Labute approximate surface area is 182 Å². The summed E-state index contributed by atoms with van der Waals surface area (Å²) in [5, 5.41) is 13.3. The molecule has 32 heavy (non-hydrogen) atoms. The number of thiazole rings is 1. The molecule has 3 aromatic heterocycles. The number of aromatic amines is 1. The number of carbonyl (C=O) groups excluding carboxylic acids is 1. The number of alkyl halides is 3. The van der Waals surface area contributed by atoms with Gasteiger partial charge in [0.1, 0.15) is 0 Å². The predicted molar refractivity (Wildman–Crippen MR) is 111 cm³/mol. The van der Waals surface area contributed by atoms with Gasteiger partial charge in [-0.05, 0) is 24.6 Å². The van der Waals surface area contributed by atoms with Crippen LogP contribution >= 0.6 is 11.3 Å². The molecule has 12 heteroatoms. The number of anilines is 1. The second-order valence-electron chi connectivity index (χ2n) is 6.80. The maximum absolute atomic E-state index is 12.9. The summed E-state index contributed by atoms with van der Waals surface area (Å²) < 4.78 is 40.1. The first-order valence-electron chi connectivity index (χ1n) is 9.23. The predicted octanol–water partition coefficient (Wildman–Crippen LogP) is 3.58. The number of aromatic nitrogens is 5. The number of hydrogen-bond acceptors (Lipinski definition) is 6. The topological polar surface area (TPSA) is 106 Å². The van der Waals surface area contributed by atoms with Gasteiger partial charge in [0.05, 0.1) is 23.0 Å². The van der Waals surface area contributed by atoms with Crippen LogP contribution in [0.25, 0.3) is 5.82 Å². The Morgan fingerprint density at radius 2 is 2.03 bits per heavy atom. The first kappa shape index (κ1) is 21.4. The van der Waals surface area contributed by atoms with Crippen molar-refractivity contribution in [3.8, 4) is 5.82 Å². The van der Waals surface area contributed by atoms with E-state index in [-0.39, 0.29) is 17.5 Å². The molecule has 4 rings (SSSR count). The normalized spacial score (nSPS) is 11.5. The monoisotopic (exact) mass is 460 g/mol. The van der Waals surface area contributed by atoms with E-state index in [1.54, 1.807) is 13.0 Å². The van der Waals surface area contributed by atoms with E-state index in [1.165, 1.54) is 46.6 Å². The minimum absolute atomic E-state index is 0.256. The Morgan fingerprint density at radius 1 is 1.22 bits per heavy atom. The first-order chi connectivity index (χ1) is 15.2. The van der Waals surface area contributed by atoms with Crippen molar-refractivity contribution in [3.63, 3.8) is 0 Å². The largest absolute Gasteiger partial charge is 0.416 e. The average molecular weight is 460 g/mol. The maximum Gasteiger partial charge on any atom is 0.416 e. The summed E-state index contributed by atoms with van der Waals surface area (Å²) in [6, 6.07) is 7.86. The molecule has 2 N–H and O–H groups in total. The molecular formula is C20H15F3N6O2S. The van der Waals surface area contributed by atoms with Gasteiger partial charge in [-0.3, -0.25) is 14.9 Å². The van der Waals surface area contributed by atoms with Crippen molar-refractivity contribution in [2.75, 3.05) is 5.32 Å². The van der Waals surface area contributed by atoms with E-state index in [1.807, 2.05) is 0 Å². The minimum atomic E-state index is -4.41. The number of carbonyl (C=O) groups is 1. The third kappa shape index (κ3) is 4.59. The first-order valence-corrected chi connectivity index (χ1v) is 10.1. The maximum atomic E-state index is 12.9. The quantitative estimate of drug-likeness (QED) is 0.474. The summed E-state index contributed by atoms with van der Waals surface area (Å²) in [4.78, 5) is 28.7. The molecule has 1 aromatic carbocycles. The van der Waals surface area contributed by atoms with Crippen molar-refractivity contribution in [1.82, 2.24) is 25.0 Å². The van der Waals surface area contributed by atoms with Crippen LogP contribution in [0.4, 0.5) is 18.3 Å². The van der Waals surface area contributed by atoms with Crippen molar-refractivity contribution >= 4 is 22.4 Å². The summed E-state index contributed by atoms with van der Waals surface area (Å²) in [6.45, 7) is 1.68. The zero-order valence-corrected chi connectivity index (χ0v) is 17.3. The van der Waals surface area contributed by atoms with E-state index in [9.17, 15) is 22.8 Å². The van der Waals surface area contributed by atoms with Gasteiger partial charge in [0.15, 0.2) is 10.9 Å². The van der Waals surface area contributed by atoms with Crippen LogP contribution in [0.5, 0.6) is 0 Å². The molecular weight excluding hydrogens is 445 g/mol. The fourth-order valence-corrected chi connectivity index (χ4v) is 3.83. The number of H-pyrrole nitrogens is 1. The molecule has 0 radical (unpaired) electrons. The van der Waals surface area contributed by atoms with E-state index in [0.717, 1.165) is 12.1 Å². The highest BCUT2D eigenvalue weighted by Crippen LogP contribution is 2.30. The Hall–Kier alpha value is -3.80. The molecule has 0 saturated heterocycles. The van der Waals surface area contributed by atoms with E-state index in [0.29, 0.717) is 27.1 Å². The van der Waals surface area contributed by atoms with E-state index >= 15 is 0 Å². The zero-order valence-electron chi connectivity index (χ0n) is 16.5. The number of benzene rings is 1. The van der Waals surface area contributed by atoms with Crippen LogP contribution in [-0.2, 0) is 12.6 Å². The molecule has 0 unspecified atom stereocenters. The third-order valence-electron chi connectivity index (χ3n) is 4.54. The second-order valence-corrected chi connectivity index (χ2v) is 7.91. The van der Waals surface area contributed by atoms with Gasteiger partial charge in [-0.15, -0.1) is 11.3 Å². The van der Waals surface area contributed by atoms with Gasteiger partial charge in [0.2, 0.25) is 0 Å². The number of hydrogen-bond donors (Lipinski definition) is 2. The van der Waals surface area contributed by atoms with Crippen molar-refractivity contribution in [2.45, 2.75) is 19.5 Å². The summed E-state index contributed by atoms with van der Waals surface area (Å²) in [7, 11) is 0. The molecule has 8 nitrogen and oxygen atoms in total. The number of amides is 1. The Bertz CT molecular complexity index is 1320. The van der Waals surface area contributed by atoms with Crippen LogP contribution in [-0.4, -0.2) is 30.9 Å². The van der Waals surface area contributed by atoms with Gasteiger partial charge in [0, 0.05) is 23.6 Å². The highest BCUT2D eigenvalue weighted by molar-refractivity contribution is 7.15. The van der Waals surface area contributed by atoms with Crippen molar-refractivity contribution in [1.29, 1.82) is 0 Å². The van der Waals surface area contributed by atoms with Gasteiger partial charge in [-0.2, -0.15) is 23.4 Å². The van der Waals surface area contributed by atoms with Gasteiger partial charge in [-0.25, -0.2) is 14.8 Å². The fraction of sp³-hybridized carbons (Fsp3) is 0.150. The molecule has 164 valence electrons. The number of nitrogens with zero attached hydrogens (tertiary/aromatic N) is 4. The van der Waals surface area contributed by atoms with Crippen LogP contribution in [0.1, 0.15) is 32.1 Å². The zero-order chi connectivity index (χ0) is 22.9. The third-order valence-corrected chi connectivity index (χ3v) is 5.46. The van der Waals surface area contributed by atoms with Crippen LogP contribution in [0, 0.1) is 6.92 Å². The molecule has 0 saturated carbocycles. The Balaban J connectivity index is 1.47. The van der Waals surface area contributed by atoms with Crippen LogP contribution in [0.3, 0.4) is 0 Å². The van der Waals surface area contributed by atoms with Crippen molar-refractivity contribution < 1.29 is 18.0 Å². The number of rotatable bonds is 5. The van der Waals surface area contributed by atoms with Gasteiger partial charge < -0.3 is 0 Å². The molecule has 0 spiro atoms. The van der Waals surface area contributed by atoms with Crippen LogP contribution in [0.15, 0.2) is 53.6 Å². The van der Waals surface area contributed by atoms with Crippen molar-refractivity contribution in [3.05, 3.63) is 86.4 Å². The SMILES string of the molecule is Cc1c(C(=O)Nc2ncc(Cc3cccc(C(F)(F)F)c3)s2)cnn1-c1ccc(=O)[nH]n1. The Morgan fingerprint density at radius 3 is 2.75 bits per heavy atom. The fourth-order valence-electron chi connectivity index (χ4n) is 2.99. The summed E-state index contributed by atoms with van der Waals surface area (Å²) in [5.41, 5.74) is 0.209. The molecule has 0 atom stereocenters. The highest BCUT2D eigenvalue weighted by Gasteiger charge is 2.30. The van der Waals surface area contributed by atoms with E-state index in [4.69, 9.17) is 0 Å². The lowest BCUT2D eigenvalue weighted by Crippen LogP contribution is -2.14. The lowest BCUT2D eigenvalue weighted by molar-refractivity contribution is -0.137. The average Bonchev–Trinajstić information content (AvgIpc) is 3.34. The second kappa shape index (κ2) is 8.38. The molecule has 0 fully saturated rings. The minimum Gasteiger partial charge on any atom is -0.298 e. The van der Waals surface area contributed by atoms with Gasteiger partial charge >= 0.3 is 6.18 Å². The molecule has 0 bridgehead atoms.